The summed E-state index contributed by atoms with van der Waals surface area (Å²) in [6.45, 7) is 1.14. The number of hydrogen-bond donors (Lipinski definition) is 2. The molecule has 0 spiro atoms. The van der Waals surface area contributed by atoms with Gasteiger partial charge in [0, 0.05) is 23.7 Å². The maximum Gasteiger partial charge on any atom is 0.335 e. The van der Waals surface area contributed by atoms with Crippen LogP contribution in [-0.2, 0) is 13.1 Å². The van der Waals surface area contributed by atoms with Gasteiger partial charge in [0.1, 0.15) is 5.75 Å². The van der Waals surface area contributed by atoms with E-state index in [1.807, 2.05) is 11.9 Å². The summed E-state index contributed by atoms with van der Waals surface area (Å²) in [4.78, 5) is 12.8. The first-order valence-corrected chi connectivity index (χ1v) is 6.82. The van der Waals surface area contributed by atoms with Crippen LogP contribution >= 0.6 is 11.6 Å². The first kappa shape index (κ1) is 15.4. The van der Waals surface area contributed by atoms with E-state index in [0.29, 0.717) is 23.7 Å². The van der Waals surface area contributed by atoms with Crippen molar-refractivity contribution in [3.8, 4) is 5.75 Å². The highest BCUT2D eigenvalue weighted by Gasteiger charge is 2.10. The number of phenolic OH excluding ortho intramolecular Hbond substituents is 1. The summed E-state index contributed by atoms with van der Waals surface area (Å²) in [7, 11) is 1.91. The molecule has 0 aromatic heterocycles. The maximum absolute atomic E-state index is 10.8. The Kier molecular flexibility index (Phi) is 4.83. The SMILES string of the molecule is CN(Cc1ccc(C(=O)O)cc1)Cc1c(O)cccc1Cl. The lowest BCUT2D eigenvalue weighted by molar-refractivity contribution is 0.0697. The van der Waals surface area contributed by atoms with Crippen LogP contribution in [0.25, 0.3) is 0 Å². The molecule has 0 radical (unpaired) electrons. The Morgan fingerprint density at radius 3 is 2.38 bits per heavy atom. The molecule has 2 N–H and O–H groups in total. The van der Waals surface area contributed by atoms with Crippen molar-refractivity contribution in [2.24, 2.45) is 0 Å². The molecule has 5 heteroatoms. The van der Waals surface area contributed by atoms with Gasteiger partial charge in [-0.15, -0.1) is 0 Å². The van der Waals surface area contributed by atoms with Gasteiger partial charge in [-0.3, -0.25) is 4.90 Å². The predicted molar refractivity (Wildman–Crippen MR) is 81.7 cm³/mol. The second-order valence-corrected chi connectivity index (χ2v) is 5.32. The summed E-state index contributed by atoms with van der Waals surface area (Å²) in [6.07, 6.45) is 0. The average molecular weight is 306 g/mol. The Morgan fingerprint density at radius 1 is 1.14 bits per heavy atom. The van der Waals surface area contributed by atoms with Gasteiger partial charge in [0.25, 0.3) is 0 Å². The van der Waals surface area contributed by atoms with E-state index >= 15 is 0 Å². The number of hydrogen-bond acceptors (Lipinski definition) is 3. The van der Waals surface area contributed by atoms with Crippen molar-refractivity contribution in [3.05, 3.63) is 64.2 Å². The molecule has 0 aliphatic carbocycles. The third-order valence-electron chi connectivity index (χ3n) is 3.18. The lowest BCUT2D eigenvalue weighted by Gasteiger charge is -2.18. The summed E-state index contributed by atoms with van der Waals surface area (Å²) < 4.78 is 0. The third kappa shape index (κ3) is 3.97. The predicted octanol–water partition coefficient (Wildman–Crippen LogP) is 3.38. The van der Waals surface area contributed by atoms with Gasteiger partial charge in [0.15, 0.2) is 0 Å². The van der Waals surface area contributed by atoms with Crippen LogP contribution in [0.4, 0.5) is 0 Å². The number of carboxylic acids is 1. The minimum atomic E-state index is -0.934. The fourth-order valence-electron chi connectivity index (χ4n) is 2.09. The normalized spacial score (nSPS) is 10.8. The van der Waals surface area contributed by atoms with Gasteiger partial charge in [-0.2, -0.15) is 0 Å². The van der Waals surface area contributed by atoms with Gasteiger partial charge in [-0.25, -0.2) is 4.79 Å². The molecule has 0 fully saturated rings. The molecule has 21 heavy (non-hydrogen) atoms. The summed E-state index contributed by atoms with van der Waals surface area (Å²) in [5.41, 5.74) is 1.95. The summed E-state index contributed by atoms with van der Waals surface area (Å²) in [6, 6.07) is 11.8. The molecule has 4 nitrogen and oxygen atoms in total. The zero-order chi connectivity index (χ0) is 15.4. The molecule has 0 bridgehead atoms. The summed E-state index contributed by atoms with van der Waals surface area (Å²) in [5.74, 6) is -0.758. The Morgan fingerprint density at radius 2 is 1.81 bits per heavy atom. The molecule has 0 atom stereocenters. The number of carbonyl (C=O) groups is 1. The van der Waals surface area contributed by atoms with Crippen LogP contribution in [0.1, 0.15) is 21.5 Å². The number of aromatic carboxylic acids is 1. The van der Waals surface area contributed by atoms with Crippen molar-refractivity contribution >= 4 is 17.6 Å². The highest BCUT2D eigenvalue weighted by Crippen LogP contribution is 2.26. The van der Waals surface area contributed by atoms with Crippen LogP contribution in [0.2, 0.25) is 5.02 Å². The molecule has 0 saturated heterocycles. The Labute approximate surface area is 128 Å². The van der Waals surface area contributed by atoms with Crippen molar-refractivity contribution in [2.45, 2.75) is 13.1 Å². The lowest BCUT2D eigenvalue weighted by Crippen LogP contribution is -2.17. The van der Waals surface area contributed by atoms with Gasteiger partial charge in [-0.1, -0.05) is 29.8 Å². The van der Waals surface area contributed by atoms with Gasteiger partial charge < -0.3 is 10.2 Å². The van der Waals surface area contributed by atoms with E-state index in [1.165, 1.54) is 0 Å². The molecule has 0 aliphatic heterocycles. The van der Waals surface area contributed by atoms with E-state index in [-0.39, 0.29) is 11.3 Å². The molecule has 2 rings (SSSR count). The van der Waals surface area contributed by atoms with E-state index in [1.54, 1.807) is 42.5 Å². The van der Waals surface area contributed by atoms with Gasteiger partial charge in [0.05, 0.1) is 5.56 Å². The molecular formula is C16H16ClNO3. The number of rotatable bonds is 5. The number of nitrogens with zero attached hydrogens (tertiary/aromatic N) is 1. The second-order valence-electron chi connectivity index (χ2n) is 4.91. The Balaban J connectivity index is 2.04. The molecule has 0 unspecified atom stereocenters. The molecule has 0 aliphatic rings. The summed E-state index contributed by atoms with van der Waals surface area (Å²) >= 11 is 6.08. The molecule has 2 aromatic rings. The molecular weight excluding hydrogens is 290 g/mol. The van der Waals surface area contributed by atoms with Gasteiger partial charge in [0.2, 0.25) is 0 Å². The van der Waals surface area contributed by atoms with Crippen LogP contribution in [0, 0.1) is 0 Å². The van der Waals surface area contributed by atoms with Crippen LogP contribution in [0.3, 0.4) is 0 Å². The fraction of sp³-hybridized carbons (Fsp3) is 0.188. The quantitative estimate of drug-likeness (QED) is 0.889. The van der Waals surface area contributed by atoms with Crippen molar-refractivity contribution in [3.63, 3.8) is 0 Å². The van der Waals surface area contributed by atoms with E-state index in [0.717, 1.165) is 5.56 Å². The Hall–Kier alpha value is -2.04. The molecule has 110 valence electrons. The topological polar surface area (TPSA) is 60.8 Å². The fourth-order valence-corrected chi connectivity index (χ4v) is 2.32. The molecule has 0 saturated carbocycles. The maximum atomic E-state index is 10.8. The van der Waals surface area contributed by atoms with Crippen LogP contribution in [0.5, 0.6) is 5.75 Å². The van der Waals surface area contributed by atoms with E-state index in [2.05, 4.69) is 0 Å². The number of aromatic hydroxyl groups is 1. The van der Waals surface area contributed by atoms with E-state index in [9.17, 15) is 9.90 Å². The smallest absolute Gasteiger partial charge is 0.335 e. The zero-order valence-corrected chi connectivity index (χ0v) is 12.3. The highest BCUT2D eigenvalue weighted by atomic mass is 35.5. The number of carboxylic acid groups (broad SMARTS) is 1. The summed E-state index contributed by atoms with van der Waals surface area (Å²) in [5, 5.41) is 19.2. The average Bonchev–Trinajstić information content (AvgIpc) is 2.43. The minimum absolute atomic E-state index is 0.176. The Bertz CT molecular complexity index is 620. The van der Waals surface area contributed by atoms with E-state index in [4.69, 9.17) is 16.7 Å². The van der Waals surface area contributed by atoms with Crippen LogP contribution in [0.15, 0.2) is 42.5 Å². The van der Waals surface area contributed by atoms with Crippen molar-refractivity contribution in [2.75, 3.05) is 7.05 Å². The van der Waals surface area contributed by atoms with Gasteiger partial charge >= 0.3 is 5.97 Å². The third-order valence-corrected chi connectivity index (χ3v) is 3.53. The zero-order valence-electron chi connectivity index (χ0n) is 11.6. The highest BCUT2D eigenvalue weighted by molar-refractivity contribution is 6.31. The standard InChI is InChI=1S/C16H16ClNO3/c1-18(10-13-14(17)3-2-4-15(13)19)9-11-5-7-12(8-6-11)16(20)21/h2-8,19H,9-10H2,1H3,(H,20,21). The first-order valence-electron chi connectivity index (χ1n) is 6.44. The molecule has 0 amide bonds. The molecule has 0 heterocycles. The van der Waals surface area contributed by atoms with Crippen molar-refractivity contribution in [1.29, 1.82) is 0 Å². The van der Waals surface area contributed by atoms with Gasteiger partial charge in [-0.05, 0) is 36.9 Å². The van der Waals surface area contributed by atoms with E-state index < -0.39 is 5.97 Å². The van der Waals surface area contributed by atoms with Crippen molar-refractivity contribution < 1.29 is 15.0 Å². The van der Waals surface area contributed by atoms with Crippen LogP contribution < -0.4 is 0 Å². The monoisotopic (exact) mass is 305 g/mol. The first-order chi connectivity index (χ1) is 9.97. The number of halogens is 1. The number of phenols is 1. The van der Waals surface area contributed by atoms with Crippen LogP contribution in [-0.4, -0.2) is 28.1 Å². The largest absolute Gasteiger partial charge is 0.508 e. The lowest BCUT2D eigenvalue weighted by atomic mass is 10.1. The minimum Gasteiger partial charge on any atom is -0.508 e. The second kappa shape index (κ2) is 6.61. The van der Waals surface area contributed by atoms with Crippen molar-refractivity contribution in [1.82, 2.24) is 4.90 Å². The molecule has 2 aromatic carbocycles. The number of benzene rings is 2.